The number of allylic oxidation sites excluding steroid dienone is 1. The first kappa shape index (κ1) is 39.6. The first-order chi connectivity index (χ1) is 19.9. The van der Waals surface area contributed by atoms with Crippen LogP contribution in [0.15, 0.2) is 12.2 Å². The molecule has 0 radical (unpaired) electrons. The van der Waals surface area contributed by atoms with Gasteiger partial charge in [0, 0.05) is 12.8 Å². The van der Waals surface area contributed by atoms with E-state index >= 15 is 0 Å². The number of nitrogens with zero attached hydrogens (tertiary/aromatic N) is 2. The zero-order valence-electron chi connectivity index (χ0n) is 27.7. The molecular weight excluding hydrogens is 512 g/mol. The van der Waals surface area contributed by atoms with Crippen molar-refractivity contribution in [2.24, 2.45) is 0 Å². The molecule has 0 spiro atoms. The smallest absolute Gasteiger partial charge is 0.303 e. The lowest BCUT2D eigenvalue weighted by Crippen LogP contribution is -2.40. The van der Waals surface area contributed by atoms with Gasteiger partial charge in [-0.05, 0) is 72.0 Å². The number of hydrogen-bond donors (Lipinski definition) is 1. The summed E-state index contributed by atoms with van der Waals surface area (Å²) in [4.78, 5) is 32.7. The molecule has 0 aromatic rings. The number of carbonyl (C=O) groups is 2. The highest BCUT2D eigenvalue weighted by molar-refractivity contribution is 5.75. The summed E-state index contributed by atoms with van der Waals surface area (Å²) in [5, 5.41) is 10.7. The maximum atomic E-state index is 13.4. The number of aliphatic carboxylic acids is 1. The summed E-state index contributed by atoms with van der Waals surface area (Å²) in [6.07, 6.45) is 30.0. The van der Waals surface area contributed by atoms with Crippen LogP contribution >= 0.6 is 0 Å². The van der Waals surface area contributed by atoms with Gasteiger partial charge in [0.25, 0.3) is 0 Å². The summed E-state index contributed by atoms with van der Waals surface area (Å²) < 4.78 is 0. The first-order valence-electron chi connectivity index (χ1n) is 17.4. The molecule has 0 aliphatic rings. The molecule has 0 aromatic carbocycles. The molecule has 1 unspecified atom stereocenters. The van der Waals surface area contributed by atoms with Gasteiger partial charge >= 0.3 is 5.97 Å². The molecule has 0 rings (SSSR count). The normalized spacial score (nSPS) is 12.4. The van der Waals surface area contributed by atoms with Gasteiger partial charge in [-0.3, -0.25) is 14.4 Å². The van der Waals surface area contributed by atoms with Gasteiger partial charge in [0.1, 0.15) is 0 Å². The van der Waals surface area contributed by atoms with Crippen LogP contribution in [0.3, 0.4) is 0 Å². The minimum Gasteiger partial charge on any atom is -0.481 e. The molecular formula is C35H68N2O4. The maximum absolute atomic E-state index is 13.4. The van der Waals surface area contributed by atoms with E-state index in [1.807, 2.05) is 0 Å². The van der Waals surface area contributed by atoms with Crippen molar-refractivity contribution in [1.29, 1.82) is 0 Å². The van der Waals surface area contributed by atoms with Crippen LogP contribution in [0, 0.1) is 0 Å². The fourth-order valence-corrected chi connectivity index (χ4v) is 5.24. The molecule has 0 aliphatic heterocycles. The predicted molar refractivity (Wildman–Crippen MR) is 174 cm³/mol. The Hall–Kier alpha value is -1.40. The van der Waals surface area contributed by atoms with E-state index in [1.54, 1.807) is 5.06 Å². The summed E-state index contributed by atoms with van der Waals surface area (Å²) in [5.74, 6) is -0.588. The number of carboxylic acid groups (broad SMARTS) is 1. The van der Waals surface area contributed by atoms with E-state index in [9.17, 15) is 9.59 Å². The molecule has 0 aromatic heterocycles. The Bertz CT molecular complexity index is 623. The van der Waals surface area contributed by atoms with Gasteiger partial charge in [0.15, 0.2) is 0 Å². The molecule has 0 saturated carbocycles. The van der Waals surface area contributed by atoms with E-state index < -0.39 is 5.97 Å². The van der Waals surface area contributed by atoms with Crippen LogP contribution in [0.1, 0.15) is 168 Å². The van der Waals surface area contributed by atoms with Gasteiger partial charge in [0.05, 0.1) is 12.6 Å². The Kier molecular flexibility index (Phi) is 29.0. The van der Waals surface area contributed by atoms with Gasteiger partial charge in [-0.2, -0.15) is 0 Å². The second-order valence-corrected chi connectivity index (χ2v) is 12.2. The van der Waals surface area contributed by atoms with E-state index in [0.29, 0.717) is 13.0 Å². The predicted octanol–water partition coefficient (Wildman–Crippen LogP) is 9.72. The fourth-order valence-electron chi connectivity index (χ4n) is 5.24. The van der Waals surface area contributed by atoms with Crippen molar-refractivity contribution >= 4 is 11.9 Å². The summed E-state index contributed by atoms with van der Waals surface area (Å²) >= 11 is 0. The van der Waals surface area contributed by atoms with Crippen molar-refractivity contribution in [3.63, 3.8) is 0 Å². The minimum absolute atomic E-state index is 0.105. The number of unbranched alkanes of at least 4 members (excludes halogenated alkanes) is 15. The number of carboxylic acids is 1. The molecule has 0 saturated heterocycles. The topological polar surface area (TPSA) is 70.1 Å². The fraction of sp³-hybridized carbons (Fsp3) is 0.886. The Labute approximate surface area is 254 Å². The van der Waals surface area contributed by atoms with Crippen molar-refractivity contribution in [2.75, 3.05) is 27.2 Å². The summed E-state index contributed by atoms with van der Waals surface area (Å²) in [5.41, 5.74) is 0. The third-order valence-corrected chi connectivity index (χ3v) is 7.80. The SMILES string of the molecule is CCCCCC/C=C\CCON(C(=O)CCCCN(C)C)C(CCCCCCCCCC)CCCCCCC(=O)O. The van der Waals surface area contributed by atoms with E-state index in [2.05, 4.69) is 45.0 Å². The van der Waals surface area contributed by atoms with Gasteiger partial charge < -0.3 is 10.0 Å². The van der Waals surface area contributed by atoms with Crippen LogP contribution in [-0.4, -0.2) is 60.2 Å². The van der Waals surface area contributed by atoms with Crippen LogP contribution in [0.2, 0.25) is 0 Å². The lowest BCUT2D eigenvalue weighted by molar-refractivity contribution is -0.202. The van der Waals surface area contributed by atoms with Gasteiger partial charge in [-0.25, -0.2) is 5.06 Å². The van der Waals surface area contributed by atoms with E-state index in [4.69, 9.17) is 9.94 Å². The zero-order chi connectivity index (χ0) is 30.4. The van der Waals surface area contributed by atoms with Crippen molar-refractivity contribution in [2.45, 2.75) is 174 Å². The number of hydrogen-bond acceptors (Lipinski definition) is 4. The second-order valence-electron chi connectivity index (χ2n) is 12.2. The minimum atomic E-state index is -0.716. The largest absolute Gasteiger partial charge is 0.481 e. The standard InChI is InChI=1S/C35H68N2O4/c1-5-7-9-11-13-15-17-21-27-33(28-22-18-19-23-30-35(39)40)37(34(38)29-24-25-31-36(3)4)41-32-26-20-16-14-12-10-8-6-2/h16,20,33H,5-15,17-19,21-32H2,1-4H3,(H,39,40)/b20-16-. The molecule has 0 heterocycles. The average Bonchev–Trinajstić information content (AvgIpc) is 2.94. The lowest BCUT2D eigenvalue weighted by Gasteiger charge is -2.31. The zero-order valence-corrected chi connectivity index (χ0v) is 27.7. The molecule has 0 bridgehead atoms. The number of amides is 1. The quantitative estimate of drug-likeness (QED) is 0.0502. The summed E-state index contributed by atoms with van der Waals surface area (Å²) in [7, 11) is 4.15. The number of carbonyl (C=O) groups excluding carboxylic acids is 1. The Morgan fingerprint density at radius 3 is 1.76 bits per heavy atom. The number of hydroxylamine groups is 2. The Balaban J connectivity index is 5.03. The van der Waals surface area contributed by atoms with E-state index in [0.717, 1.165) is 77.2 Å². The molecule has 6 heteroatoms. The van der Waals surface area contributed by atoms with Crippen molar-refractivity contribution in [1.82, 2.24) is 9.96 Å². The van der Waals surface area contributed by atoms with Crippen LogP contribution in [0.4, 0.5) is 0 Å². The highest BCUT2D eigenvalue weighted by Gasteiger charge is 2.24. The van der Waals surface area contributed by atoms with Gasteiger partial charge in [-0.1, -0.05) is 116 Å². The molecule has 41 heavy (non-hydrogen) atoms. The van der Waals surface area contributed by atoms with Crippen molar-refractivity contribution < 1.29 is 19.5 Å². The molecule has 6 nitrogen and oxygen atoms in total. The van der Waals surface area contributed by atoms with Crippen LogP contribution in [0.25, 0.3) is 0 Å². The molecule has 0 aliphatic carbocycles. The third kappa shape index (κ3) is 27.2. The summed E-state index contributed by atoms with van der Waals surface area (Å²) in [6, 6.07) is 0.105. The van der Waals surface area contributed by atoms with E-state index in [-0.39, 0.29) is 18.4 Å². The van der Waals surface area contributed by atoms with Crippen LogP contribution in [0.5, 0.6) is 0 Å². The second kappa shape index (κ2) is 30.1. The van der Waals surface area contributed by atoms with Crippen LogP contribution < -0.4 is 0 Å². The summed E-state index contributed by atoms with van der Waals surface area (Å²) in [6.45, 7) is 6.04. The molecule has 0 fully saturated rings. The highest BCUT2D eigenvalue weighted by atomic mass is 16.7. The monoisotopic (exact) mass is 581 g/mol. The van der Waals surface area contributed by atoms with Gasteiger partial charge in [-0.15, -0.1) is 0 Å². The molecule has 1 atom stereocenters. The maximum Gasteiger partial charge on any atom is 0.303 e. The Morgan fingerprint density at radius 1 is 0.659 bits per heavy atom. The number of rotatable bonds is 31. The van der Waals surface area contributed by atoms with Gasteiger partial charge in [0.2, 0.25) is 5.91 Å². The molecule has 242 valence electrons. The van der Waals surface area contributed by atoms with Crippen molar-refractivity contribution in [3.05, 3.63) is 12.2 Å². The average molecular weight is 581 g/mol. The van der Waals surface area contributed by atoms with Crippen molar-refractivity contribution in [3.8, 4) is 0 Å². The van der Waals surface area contributed by atoms with Crippen LogP contribution in [-0.2, 0) is 14.4 Å². The first-order valence-corrected chi connectivity index (χ1v) is 17.4. The lowest BCUT2D eigenvalue weighted by atomic mass is 9.99. The Morgan fingerprint density at radius 2 is 1.17 bits per heavy atom. The third-order valence-electron chi connectivity index (χ3n) is 7.80. The molecule has 1 amide bonds. The van der Waals surface area contributed by atoms with E-state index in [1.165, 1.54) is 70.6 Å². The highest BCUT2D eigenvalue weighted by Crippen LogP contribution is 2.21. The molecule has 1 N–H and O–H groups in total.